The van der Waals surface area contributed by atoms with E-state index < -0.39 is 11.7 Å². The molecule has 0 aliphatic rings. The number of pyridine rings is 1. The first kappa shape index (κ1) is 14.0. The van der Waals surface area contributed by atoms with Crippen LogP contribution < -0.4 is 10.6 Å². The summed E-state index contributed by atoms with van der Waals surface area (Å²) in [5, 5.41) is 5.60. The van der Waals surface area contributed by atoms with Gasteiger partial charge in [-0.15, -0.1) is 0 Å². The molecule has 6 heteroatoms. The second kappa shape index (κ2) is 6.18. The molecule has 0 saturated carbocycles. The summed E-state index contributed by atoms with van der Waals surface area (Å²) >= 11 is 0. The van der Waals surface area contributed by atoms with Gasteiger partial charge in [-0.2, -0.15) is 0 Å². The number of nitrogens with zero attached hydrogens (tertiary/aromatic N) is 1. The lowest BCUT2D eigenvalue weighted by atomic mass is 10.2. The van der Waals surface area contributed by atoms with E-state index in [0.29, 0.717) is 18.1 Å². The monoisotopic (exact) mass is 277 g/mol. The summed E-state index contributed by atoms with van der Waals surface area (Å²) in [5.74, 6) is 0.829. The Morgan fingerprint density at radius 1 is 1.45 bits per heavy atom. The summed E-state index contributed by atoms with van der Waals surface area (Å²) in [6.07, 6.45) is 1.07. The van der Waals surface area contributed by atoms with Gasteiger partial charge in [0.1, 0.15) is 23.2 Å². The Labute approximate surface area is 116 Å². The van der Waals surface area contributed by atoms with Gasteiger partial charge in [0.05, 0.1) is 18.3 Å². The number of aryl methyl sites for hydroxylation is 1. The van der Waals surface area contributed by atoms with Gasteiger partial charge in [0.2, 0.25) is 0 Å². The molecule has 0 aliphatic carbocycles. The molecule has 2 N–H and O–H groups in total. The minimum Gasteiger partial charge on any atom is -0.465 e. The molecule has 0 saturated heterocycles. The second-order valence-corrected chi connectivity index (χ2v) is 4.28. The van der Waals surface area contributed by atoms with Gasteiger partial charge in [-0.1, -0.05) is 0 Å². The second-order valence-electron chi connectivity index (χ2n) is 4.28. The molecule has 0 bridgehead atoms. The van der Waals surface area contributed by atoms with E-state index in [1.54, 1.807) is 6.07 Å². The number of amides is 1. The lowest BCUT2D eigenvalue weighted by Gasteiger charge is -2.09. The molecule has 2 heterocycles. The molecule has 0 radical (unpaired) electrons. The van der Waals surface area contributed by atoms with Crippen molar-refractivity contribution in [3.8, 4) is 0 Å². The molecule has 0 aromatic carbocycles. The van der Waals surface area contributed by atoms with Crippen LogP contribution >= 0.6 is 0 Å². The summed E-state index contributed by atoms with van der Waals surface area (Å²) in [5.41, 5.74) is 0.176. The molecule has 5 nitrogen and oxygen atoms in total. The van der Waals surface area contributed by atoms with Crippen molar-refractivity contribution in [1.82, 2.24) is 10.3 Å². The summed E-state index contributed by atoms with van der Waals surface area (Å²) in [4.78, 5) is 16.0. The topological polar surface area (TPSA) is 67.2 Å². The highest BCUT2D eigenvalue weighted by molar-refractivity contribution is 5.98. The van der Waals surface area contributed by atoms with Crippen LogP contribution in [0.5, 0.6) is 0 Å². The molecule has 2 rings (SSSR count). The van der Waals surface area contributed by atoms with Crippen molar-refractivity contribution >= 4 is 11.7 Å². The number of halogens is 1. The van der Waals surface area contributed by atoms with Gasteiger partial charge in [0.15, 0.2) is 0 Å². The van der Waals surface area contributed by atoms with Gasteiger partial charge < -0.3 is 15.1 Å². The quantitative estimate of drug-likeness (QED) is 0.881. The summed E-state index contributed by atoms with van der Waals surface area (Å²) < 4.78 is 18.6. The van der Waals surface area contributed by atoms with E-state index >= 15 is 0 Å². The maximum atomic E-state index is 13.2. The highest BCUT2D eigenvalue weighted by Crippen LogP contribution is 2.14. The number of aromatic nitrogens is 1. The van der Waals surface area contributed by atoms with Gasteiger partial charge in [0, 0.05) is 6.54 Å². The summed E-state index contributed by atoms with van der Waals surface area (Å²) in [6, 6.07) is 4.76. The van der Waals surface area contributed by atoms with Crippen LogP contribution in [0.2, 0.25) is 0 Å². The van der Waals surface area contributed by atoms with E-state index in [4.69, 9.17) is 4.42 Å². The number of carbonyl (C=O) groups excluding carboxylic acids is 1. The SMILES string of the molecule is CCNc1ncc(F)cc1C(=O)NCc1ccc(C)o1. The molecule has 1 amide bonds. The average Bonchev–Trinajstić information content (AvgIpc) is 2.84. The van der Waals surface area contributed by atoms with Crippen molar-refractivity contribution in [3.05, 3.63) is 47.3 Å². The fraction of sp³-hybridized carbons (Fsp3) is 0.286. The lowest BCUT2D eigenvalue weighted by Crippen LogP contribution is -2.24. The maximum Gasteiger partial charge on any atom is 0.255 e. The summed E-state index contributed by atoms with van der Waals surface area (Å²) in [7, 11) is 0. The van der Waals surface area contributed by atoms with Crippen molar-refractivity contribution < 1.29 is 13.6 Å². The molecule has 0 fully saturated rings. The minimum atomic E-state index is -0.550. The predicted molar refractivity (Wildman–Crippen MR) is 73.0 cm³/mol. The molecule has 2 aromatic rings. The molecule has 0 aliphatic heterocycles. The first-order chi connectivity index (χ1) is 9.60. The van der Waals surface area contributed by atoms with Crippen molar-refractivity contribution in [2.24, 2.45) is 0 Å². The highest BCUT2D eigenvalue weighted by atomic mass is 19.1. The first-order valence-electron chi connectivity index (χ1n) is 6.33. The van der Waals surface area contributed by atoms with Crippen molar-refractivity contribution in [1.29, 1.82) is 0 Å². The van der Waals surface area contributed by atoms with Crippen LogP contribution in [-0.2, 0) is 6.54 Å². The molecule has 106 valence electrons. The number of nitrogens with one attached hydrogen (secondary N) is 2. The fourth-order valence-electron chi connectivity index (χ4n) is 1.76. The maximum absolute atomic E-state index is 13.2. The Morgan fingerprint density at radius 2 is 2.25 bits per heavy atom. The Kier molecular flexibility index (Phi) is 4.34. The number of furan rings is 1. The van der Waals surface area contributed by atoms with E-state index in [9.17, 15) is 9.18 Å². The van der Waals surface area contributed by atoms with Crippen molar-refractivity contribution in [2.75, 3.05) is 11.9 Å². The Bertz CT molecular complexity index is 610. The molecular weight excluding hydrogens is 261 g/mol. The highest BCUT2D eigenvalue weighted by Gasteiger charge is 2.14. The van der Waals surface area contributed by atoms with Crippen LogP contribution in [0.4, 0.5) is 10.2 Å². The third kappa shape index (κ3) is 3.34. The van der Waals surface area contributed by atoms with Gasteiger partial charge in [-0.25, -0.2) is 9.37 Å². The van der Waals surface area contributed by atoms with Gasteiger partial charge >= 0.3 is 0 Å². The molecule has 20 heavy (non-hydrogen) atoms. The molecule has 0 atom stereocenters. The zero-order valence-electron chi connectivity index (χ0n) is 11.4. The van der Waals surface area contributed by atoms with E-state index in [-0.39, 0.29) is 12.1 Å². The Balaban J connectivity index is 2.09. The molecule has 2 aromatic heterocycles. The molecular formula is C14H16FN3O2. The largest absolute Gasteiger partial charge is 0.465 e. The number of hydrogen-bond donors (Lipinski definition) is 2. The molecule has 0 spiro atoms. The van der Waals surface area contributed by atoms with Crippen LogP contribution in [0.1, 0.15) is 28.8 Å². The third-order valence-corrected chi connectivity index (χ3v) is 2.66. The fourth-order valence-corrected chi connectivity index (χ4v) is 1.76. The van der Waals surface area contributed by atoms with Crippen molar-refractivity contribution in [3.63, 3.8) is 0 Å². The number of rotatable bonds is 5. The predicted octanol–water partition coefficient (Wildman–Crippen LogP) is 2.48. The zero-order valence-corrected chi connectivity index (χ0v) is 11.4. The smallest absolute Gasteiger partial charge is 0.255 e. The van der Waals surface area contributed by atoms with Crippen LogP contribution in [0.15, 0.2) is 28.8 Å². The lowest BCUT2D eigenvalue weighted by molar-refractivity contribution is 0.0948. The standard InChI is InChI=1S/C14H16FN3O2/c1-3-16-13-12(6-10(15)7-17-13)14(19)18-8-11-5-4-9(2)20-11/h4-7H,3,8H2,1-2H3,(H,16,17)(H,18,19). The molecule has 0 unspecified atom stereocenters. The van der Waals surface area contributed by atoms with Crippen LogP contribution in [0.25, 0.3) is 0 Å². The van der Waals surface area contributed by atoms with E-state index in [0.717, 1.165) is 18.0 Å². The van der Waals surface area contributed by atoms with Crippen molar-refractivity contribution in [2.45, 2.75) is 20.4 Å². The third-order valence-electron chi connectivity index (χ3n) is 2.66. The van der Waals surface area contributed by atoms with E-state index in [1.807, 2.05) is 19.9 Å². The van der Waals surface area contributed by atoms with Crippen LogP contribution in [0, 0.1) is 12.7 Å². The minimum absolute atomic E-state index is 0.176. The van der Waals surface area contributed by atoms with E-state index in [1.165, 1.54) is 0 Å². The van der Waals surface area contributed by atoms with Gasteiger partial charge in [0.25, 0.3) is 5.91 Å². The number of hydrogen-bond acceptors (Lipinski definition) is 4. The van der Waals surface area contributed by atoms with Gasteiger partial charge in [-0.05, 0) is 32.0 Å². The zero-order chi connectivity index (χ0) is 14.5. The summed E-state index contributed by atoms with van der Waals surface area (Å²) in [6.45, 7) is 4.54. The average molecular weight is 277 g/mol. The first-order valence-corrected chi connectivity index (χ1v) is 6.33. The van der Waals surface area contributed by atoms with Gasteiger partial charge in [-0.3, -0.25) is 4.79 Å². The normalized spacial score (nSPS) is 10.3. The number of anilines is 1. The van der Waals surface area contributed by atoms with E-state index in [2.05, 4.69) is 15.6 Å². The van der Waals surface area contributed by atoms with Crippen LogP contribution in [0.3, 0.4) is 0 Å². The Hall–Kier alpha value is -2.37. The number of carbonyl (C=O) groups is 1. The van der Waals surface area contributed by atoms with Crippen LogP contribution in [-0.4, -0.2) is 17.4 Å². The Morgan fingerprint density at radius 3 is 2.90 bits per heavy atom.